The fourth-order valence-corrected chi connectivity index (χ4v) is 1.81. The molecule has 0 amide bonds. The van der Waals surface area contributed by atoms with Crippen LogP contribution in [0.3, 0.4) is 0 Å². The monoisotopic (exact) mass is 311 g/mol. The molecule has 2 heterocycles. The van der Waals surface area contributed by atoms with Gasteiger partial charge in [-0.3, -0.25) is 4.98 Å². The molecule has 6 heteroatoms. The lowest BCUT2D eigenvalue weighted by Crippen LogP contribution is -2.21. The number of pyridine rings is 1. The summed E-state index contributed by atoms with van der Waals surface area (Å²) in [6, 6.07) is 12.1. The van der Waals surface area contributed by atoms with Gasteiger partial charge >= 0.3 is 6.68 Å². The number of para-hydroxylation sites is 1. The van der Waals surface area contributed by atoms with Crippen molar-refractivity contribution in [2.75, 3.05) is 20.3 Å². The first-order chi connectivity index (χ1) is 10.5. The molecule has 2 aromatic rings. The zero-order chi connectivity index (χ0) is 16.4. The second kappa shape index (κ2) is 9.65. The molecule has 1 aromatic heterocycles. The number of hydrogen-bond donors (Lipinski definition) is 0. The van der Waals surface area contributed by atoms with E-state index in [0.717, 1.165) is 18.7 Å². The van der Waals surface area contributed by atoms with Crippen molar-refractivity contribution in [3.05, 3.63) is 55.0 Å². The number of benzene rings is 1. The molecule has 0 fully saturated rings. The summed E-state index contributed by atoms with van der Waals surface area (Å²) in [4.78, 5) is 8.59. The fourth-order valence-electron chi connectivity index (χ4n) is 1.81. The van der Waals surface area contributed by atoms with Gasteiger partial charge < -0.3 is 9.80 Å². The Hall–Kier alpha value is -2.24. The Bertz CT molecular complexity index is 507. The van der Waals surface area contributed by atoms with E-state index in [1.54, 1.807) is 0 Å². The van der Waals surface area contributed by atoms with Crippen molar-refractivity contribution in [3.63, 3.8) is 0 Å². The van der Waals surface area contributed by atoms with Gasteiger partial charge in [0.05, 0.1) is 12.2 Å². The zero-order valence-corrected chi connectivity index (χ0v) is 12.7. The number of nitrogens with zero attached hydrogens (tertiary/aromatic N) is 3. The molecule has 0 saturated carbocycles. The zero-order valence-electron chi connectivity index (χ0n) is 12.7. The van der Waals surface area contributed by atoms with Gasteiger partial charge in [-0.1, -0.05) is 24.3 Å². The standard InChI is InChI=1S/C9H7N.C6H12N2.CHF3/c1-2-6-9-8(4-1)5-3-7-10-9;1-3-8-5-4-7(2)6-8;2-1(3)4/h1-7H;4-5H,3,6H2,1-2H3;1H. The van der Waals surface area contributed by atoms with E-state index in [-0.39, 0.29) is 0 Å². The largest absolute Gasteiger partial charge is 0.379 e. The van der Waals surface area contributed by atoms with Crippen molar-refractivity contribution >= 4 is 10.9 Å². The average molecular weight is 311 g/mol. The van der Waals surface area contributed by atoms with E-state index in [9.17, 15) is 13.2 Å². The fraction of sp³-hybridized carbons (Fsp3) is 0.312. The number of halogens is 3. The van der Waals surface area contributed by atoms with E-state index < -0.39 is 6.68 Å². The highest BCUT2D eigenvalue weighted by Crippen LogP contribution is 2.07. The topological polar surface area (TPSA) is 19.4 Å². The van der Waals surface area contributed by atoms with Crippen LogP contribution >= 0.6 is 0 Å². The molecule has 1 aliphatic heterocycles. The third-order valence-electron chi connectivity index (χ3n) is 2.86. The molecule has 0 spiro atoms. The summed E-state index contributed by atoms with van der Waals surface area (Å²) in [5, 5.41) is 1.20. The Morgan fingerprint density at radius 2 is 1.73 bits per heavy atom. The molecule has 0 unspecified atom stereocenters. The van der Waals surface area contributed by atoms with Crippen LogP contribution in [0.1, 0.15) is 6.92 Å². The minimum absolute atomic E-state index is 1.05. The molecule has 1 aliphatic rings. The normalized spacial score (nSPS) is 12.8. The molecule has 0 N–H and O–H groups in total. The van der Waals surface area contributed by atoms with E-state index in [1.807, 2.05) is 30.5 Å². The highest BCUT2D eigenvalue weighted by molar-refractivity contribution is 5.77. The summed E-state index contributed by atoms with van der Waals surface area (Å²) in [5.74, 6) is 0. The van der Waals surface area contributed by atoms with E-state index in [4.69, 9.17) is 0 Å². The summed E-state index contributed by atoms with van der Waals surface area (Å²) >= 11 is 0. The summed E-state index contributed by atoms with van der Waals surface area (Å²) < 4.78 is 29.0. The second-order valence-electron chi connectivity index (χ2n) is 4.55. The molecule has 3 nitrogen and oxygen atoms in total. The van der Waals surface area contributed by atoms with Crippen LogP contribution in [-0.4, -0.2) is 41.7 Å². The third-order valence-corrected chi connectivity index (χ3v) is 2.86. The lowest BCUT2D eigenvalue weighted by atomic mass is 10.2. The summed E-state index contributed by atoms with van der Waals surface area (Å²) in [7, 11) is 2.08. The molecule has 22 heavy (non-hydrogen) atoms. The van der Waals surface area contributed by atoms with Gasteiger partial charge in [-0.2, -0.15) is 13.2 Å². The van der Waals surface area contributed by atoms with Gasteiger partial charge in [0.2, 0.25) is 0 Å². The van der Waals surface area contributed by atoms with E-state index in [0.29, 0.717) is 0 Å². The molecular weight excluding hydrogens is 291 g/mol. The number of fused-ring (bicyclic) bond motifs is 1. The van der Waals surface area contributed by atoms with Crippen LogP contribution in [0.2, 0.25) is 0 Å². The smallest absolute Gasteiger partial charge is 0.362 e. The molecule has 0 saturated heterocycles. The molecule has 0 atom stereocenters. The maximum absolute atomic E-state index is 9.67. The number of hydrogen-bond acceptors (Lipinski definition) is 3. The van der Waals surface area contributed by atoms with Gasteiger partial charge in [-0.25, -0.2) is 0 Å². The second-order valence-corrected chi connectivity index (χ2v) is 4.55. The van der Waals surface area contributed by atoms with Gasteiger partial charge in [0, 0.05) is 37.6 Å². The molecular formula is C16H20F3N3. The summed E-state index contributed by atoms with van der Waals surface area (Å²) in [6.07, 6.45) is 6.01. The third kappa shape index (κ3) is 6.97. The minimum atomic E-state index is -3.67. The minimum Gasteiger partial charge on any atom is -0.362 e. The van der Waals surface area contributed by atoms with Crippen LogP contribution in [0, 0.1) is 0 Å². The van der Waals surface area contributed by atoms with Crippen LogP contribution in [0.5, 0.6) is 0 Å². The maximum Gasteiger partial charge on any atom is 0.379 e. The number of aromatic nitrogens is 1. The molecule has 3 rings (SSSR count). The highest BCUT2D eigenvalue weighted by Gasteiger charge is 2.03. The summed E-state index contributed by atoms with van der Waals surface area (Å²) in [6.45, 7) is 0.654. The maximum atomic E-state index is 9.67. The van der Waals surface area contributed by atoms with Gasteiger partial charge in [0.25, 0.3) is 0 Å². The van der Waals surface area contributed by atoms with Gasteiger partial charge in [-0.05, 0) is 19.1 Å². The van der Waals surface area contributed by atoms with Crippen molar-refractivity contribution in [1.29, 1.82) is 0 Å². The molecule has 0 bridgehead atoms. The summed E-state index contributed by atoms with van der Waals surface area (Å²) in [5.41, 5.74) is 1.06. The van der Waals surface area contributed by atoms with E-state index in [2.05, 4.69) is 53.3 Å². The van der Waals surface area contributed by atoms with Crippen LogP contribution in [0.25, 0.3) is 10.9 Å². The highest BCUT2D eigenvalue weighted by atomic mass is 19.4. The van der Waals surface area contributed by atoms with E-state index >= 15 is 0 Å². The van der Waals surface area contributed by atoms with Crippen molar-refractivity contribution < 1.29 is 13.2 Å². The lowest BCUT2D eigenvalue weighted by molar-refractivity contribution is 0.00819. The number of alkyl halides is 3. The van der Waals surface area contributed by atoms with Gasteiger partial charge in [0.1, 0.15) is 0 Å². The number of rotatable bonds is 1. The first-order valence-corrected chi connectivity index (χ1v) is 6.87. The average Bonchev–Trinajstić information content (AvgIpc) is 2.93. The van der Waals surface area contributed by atoms with Crippen LogP contribution < -0.4 is 0 Å². The molecule has 0 radical (unpaired) electrons. The Morgan fingerprint density at radius 3 is 2.23 bits per heavy atom. The SMILES string of the molecule is CCN1C=CN(C)C1.FC(F)F.c1ccc2ncccc2c1. The van der Waals surface area contributed by atoms with Crippen LogP contribution in [-0.2, 0) is 0 Å². The Kier molecular flexibility index (Phi) is 7.81. The Morgan fingerprint density at radius 1 is 1.09 bits per heavy atom. The molecule has 0 aliphatic carbocycles. The molecule has 120 valence electrons. The first-order valence-electron chi connectivity index (χ1n) is 6.87. The van der Waals surface area contributed by atoms with Crippen LogP contribution in [0.4, 0.5) is 13.2 Å². The van der Waals surface area contributed by atoms with Crippen molar-refractivity contribution in [1.82, 2.24) is 14.8 Å². The lowest BCUT2D eigenvalue weighted by Gasteiger charge is -2.14. The molecule has 1 aromatic carbocycles. The van der Waals surface area contributed by atoms with Crippen molar-refractivity contribution in [2.45, 2.75) is 13.6 Å². The Balaban J connectivity index is 0.000000182. The van der Waals surface area contributed by atoms with Crippen molar-refractivity contribution in [2.24, 2.45) is 0 Å². The van der Waals surface area contributed by atoms with Gasteiger partial charge in [0.15, 0.2) is 0 Å². The first kappa shape index (κ1) is 17.8. The van der Waals surface area contributed by atoms with E-state index in [1.165, 1.54) is 5.39 Å². The quantitative estimate of drug-likeness (QED) is 0.790. The predicted octanol–water partition coefficient (Wildman–Crippen LogP) is 4.10. The Labute approximate surface area is 128 Å². The van der Waals surface area contributed by atoms with Gasteiger partial charge in [-0.15, -0.1) is 0 Å². The van der Waals surface area contributed by atoms with Crippen LogP contribution in [0.15, 0.2) is 55.0 Å². The predicted molar refractivity (Wildman–Crippen MR) is 83.0 cm³/mol. The van der Waals surface area contributed by atoms with Crippen molar-refractivity contribution in [3.8, 4) is 0 Å².